The van der Waals surface area contributed by atoms with Crippen molar-refractivity contribution in [3.8, 4) is 22.8 Å². The minimum absolute atomic E-state index is 0.00651. The molecule has 2 N–H and O–H groups in total. The van der Waals surface area contributed by atoms with Gasteiger partial charge in [0.05, 0.1) is 36.0 Å². The number of amides is 3. The fraction of sp³-hybridized carbons (Fsp3) is 0.425. The summed E-state index contributed by atoms with van der Waals surface area (Å²) < 4.78 is 39.7. The SMILES string of the molecule is C=CC(=O)C[C@@H](C(=O)N1C[C@H](Oc2cc(-c3ccccc3)nc3cc(OC)ccc23)C[C@H]1C(=O)N[C@]1(C(=O)NS(=O)(=O)C2CC2)C[C@H]1C=C)C(C)(C)C. The average Bonchev–Trinajstić information content (AvgIpc) is 4.06. The molecule has 3 fully saturated rings. The van der Waals surface area contributed by atoms with Gasteiger partial charge in [-0.25, -0.2) is 13.4 Å². The molecule has 53 heavy (non-hydrogen) atoms. The molecule has 12 nitrogen and oxygen atoms in total. The molecule has 5 atom stereocenters. The molecule has 280 valence electrons. The summed E-state index contributed by atoms with van der Waals surface area (Å²) in [6, 6.07) is 15.7. The number of rotatable bonds is 14. The maximum Gasteiger partial charge on any atom is 0.259 e. The molecule has 3 amide bonds. The van der Waals surface area contributed by atoms with Gasteiger partial charge in [-0.3, -0.25) is 23.9 Å². The number of fused-ring (bicyclic) bond motifs is 1. The topological polar surface area (TPSA) is 161 Å². The van der Waals surface area contributed by atoms with Crippen molar-refractivity contribution in [2.24, 2.45) is 17.3 Å². The van der Waals surface area contributed by atoms with Crippen LogP contribution in [0.3, 0.4) is 0 Å². The van der Waals surface area contributed by atoms with Crippen LogP contribution in [0.2, 0.25) is 0 Å². The summed E-state index contributed by atoms with van der Waals surface area (Å²) in [6.45, 7) is 12.9. The van der Waals surface area contributed by atoms with Crippen LogP contribution in [0.15, 0.2) is 79.9 Å². The van der Waals surface area contributed by atoms with E-state index < -0.39 is 67.9 Å². The number of methoxy groups -OCH3 is 1. The van der Waals surface area contributed by atoms with Crippen LogP contribution in [0.4, 0.5) is 0 Å². The van der Waals surface area contributed by atoms with Crippen molar-refractivity contribution in [2.75, 3.05) is 13.7 Å². The molecule has 2 aromatic carbocycles. The van der Waals surface area contributed by atoms with Crippen LogP contribution >= 0.6 is 0 Å². The second kappa shape index (κ2) is 14.4. The molecule has 3 aromatic rings. The Morgan fingerprint density at radius 2 is 1.79 bits per heavy atom. The lowest BCUT2D eigenvalue weighted by Gasteiger charge is -2.35. The standard InChI is InChI=1S/C40H46N4O8S/c1-7-25-22-40(25,38(48)43-53(49,50)29-15-16-29)42-36(46)34-20-28(23-44(34)37(47)31(39(3,4)5)18-26(45)8-2)52-35-21-32(24-12-10-9-11-13-24)41-33-19-27(51-6)14-17-30(33)35/h7-14,17,19,21,25,28-29,31,34H,1-2,15-16,18,20,22-23H2,3-6H3,(H,42,46)(H,43,48)/t25-,28-,31+,34+,40-/m1/s1. The number of likely N-dealkylation sites (tertiary alicyclic amines) is 1. The predicted octanol–water partition coefficient (Wildman–Crippen LogP) is 4.74. The summed E-state index contributed by atoms with van der Waals surface area (Å²) in [5.74, 6) is -2.41. The normalized spacial score (nSPS) is 23.1. The highest BCUT2D eigenvalue weighted by molar-refractivity contribution is 7.91. The summed E-state index contributed by atoms with van der Waals surface area (Å²) >= 11 is 0. The highest BCUT2D eigenvalue weighted by atomic mass is 32.2. The van der Waals surface area contributed by atoms with Crippen LogP contribution in [0.1, 0.15) is 52.9 Å². The third-order valence-electron chi connectivity index (χ3n) is 10.4. The van der Waals surface area contributed by atoms with Crippen molar-refractivity contribution in [1.29, 1.82) is 0 Å². The Labute approximate surface area is 310 Å². The molecule has 0 spiro atoms. The number of benzene rings is 2. The summed E-state index contributed by atoms with van der Waals surface area (Å²) in [6.07, 6.45) is 3.04. The first-order valence-electron chi connectivity index (χ1n) is 17.8. The van der Waals surface area contributed by atoms with E-state index in [1.165, 1.54) is 17.1 Å². The monoisotopic (exact) mass is 742 g/mol. The van der Waals surface area contributed by atoms with E-state index in [4.69, 9.17) is 14.5 Å². The van der Waals surface area contributed by atoms with Gasteiger partial charge >= 0.3 is 0 Å². The van der Waals surface area contributed by atoms with Gasteiger partial charge in [0.15, 0.2) is 5.78 Å². The van der Waals surface area contributed by atoms with Gasteiger partial charge in [0.25, 0.3) is 5.91 Å². The smallest absolute Gasteiger partial charge is 0.259 e. The van der Waals surface area contributed by atoms with Crippen molar-refractivity contribution in [3.05, 3.63) is 79.9 Å². The summed E-state index contributed by atoms with van der Waals surface area (Å²) in [5, 5.41) is 2.88. The molecule has 0 radical (unpaired) electrons. The number of hydrogen-bond acceptors (Lipinski definition) is 9. The first-order valence-corrected chi connectivity index (χ1v) is 19.3. The maximum atomic E-state index is 14.5. The highest BCUT2D eigenvalue weighted by Gasteiger charge is 2.62. The number of ketones is 1. The van der Waals surface area contributed by atoms with Gasteiger partial charge in [-0.15, -0.1) is 6.58 Å². The summed E-state index contributed by atoms with van der Waals surface area (Å²) in [5.41, 5.74) is -0.0770. The van der Waals surface area contributed by atoms with E-state index in [9.17, 15) is 27.6 Å². The molecule has 0 unspecified atom stereocenters. The van der Waals surface area contributed by atoms with Gasteiger partial charge in [0.2, 0.25) is 21.8 Å². The molecule has 2 aliphatic carbocycles. The van der Waals surface area contributed by atoms with Crippen LogP contribution in [0, 0.1) is 17.3 Å². The number of pyridine rings is 1. The number of sulfonamides is 1. The van der Waals surface area contributed by atoms with Crippen molar-refractivity contribution >= 4 is 44.4 Å². The molecular formula is C40H46N4O8S. The second-order valence-corrected chi connectivity index (χ2v) is 17.2. The van der Waals surface area contributed by atoms with Crippen molar-refractivity contribution in [2.45, 2.75) is 75.8 Å². The minimum atomic E-state index is -3.89. The Morgan fingerprint density at radius 1 is 1.08 bits per heavy atom. The Balaban J connectivity index is 1.34. The van der Waals surface area contributed by atoms with E-state index in [1.807, 2.05) is 63.2 Å². The lowest BCUT2D eigenvalue weighted by molar-refractivity contribution is -0.146. The number of allylic oxidation sites excluding steroid dienone is 1. The third kappa shape index (κ3) is 7.85. The average molecular weight is 743 g/mol. The third-order valence-corrected chi connectivity index (χ3v) is 12.2. The first kappa shape index (κ1) is 37.7. The second-order valence-electron chi connectivity index (χ2n) is 15.2. The van der Waals surface area contributed by atoms with Crippen LogP contribution in [-0.4, -0.2) is 78.4 Å². The maximum absolute atomic E-state index is 14.5. The van der Waals surface area contributed by atoms with Crippen molar-refractivity contribution in [3.63, 3.8) is 0 Å². The van der Waals surface area contributed by atoms with E-state index in [0.29, 0.717) is 40.9 Å². The molecule has 2 saturated carbocycles. The van der Waals surface area contributed by atoms with Crippen LogP contribution in [0.25, 0.3) is 22.2 Å². The largest absolute Gasteiger partial charge is 0.497 e. The zero-order valence-electron chi connectivity index (χ0n) is 30.5. The van der Waals surface area contributed by atoms with Gasteiger partial charge in [-0.05, 0) is 42.9 Å². The fourth-order valence-corrected chi connectivity index (χ4v) is 8.34. The Kier molecular flexibility index (Phi) is 10.3. The molecule has 0 bridgehead atoms. The van der Waals surface area contributed by atoms with Gasteiger partial charge in [-0.1, -0.05) is 63.8 Å². The highest BCUT2D eigenvalue weighted by Crippen LogP contribution is 2.46. The Hall–Kier alpha value is -5.04. The van der Waals surface area contributed by atoms with E-state index >= 15 is 0 Å². The first-order chi connectivity index (χ1) is 25.1. The van der Waals surface area contributed by atoms with Crippen LogP contribution in [0.5, 0.6) is 11.5 Å². The fourth-order valence-electron chi connectivity index (χ4n) is 6.98. The van der Waals surface area contributed by atoms with Gasteiger partial charge in [-0.2, -0.15) is 0 Å². The van der Waals surface area contributed by atoms with Crippen molar-refractivity contribution < 1.29 is 37.1 Å². The number of carbonyl (C=O) groups is 4. The molecule has 1 aromatic heterocycles. The molecule has 1 saturated heterocycles. The van der Waals surface area contributed by atoms with Crippen LogP contribution < -0.4 is 19.5 Å². The minimum Gasteiger partial charge on any atom is -0.497 e. The lowest BCUT2D eigenvalue weighted by atomic mass is 9.76. The van der Waals surface area contributed by atoms with Crippen molar-refractivity contribution in [1.82, 2.24) is 19.9 Å². The number of hydrogen-bond donors (Lipinski definition) is 2. The number of ether oxygens (including phenoxy) is 2. The molecule has 6 rings (SSSR count). The van der Waals surface area contributed by atoms with E-state index in [-0.39, 0.29) is 31.6 Å². The number of nitrogens with one attached hydrogen (secondary N) is 2. The van der Waals surface area contributed by atoms with Gasteiger partial charge in [0, 0.05) is 41.8 Å². The van der Waals surface area contributed by atoms with Crippen LogP contribution in [-0.2, 0) is 29.2 Å². The van der Waals surface area contributed by atoms with E-state index in [0.717, 1.165) is 5.56 Å². The number of nitrogens with zero attached hydrogens (tertiary/aromatic N) is 2. The molecule has 3 aliphatic rings. The molecule has 2 heterocycles. The molecule has 1 aliphatic heterocycles. The quantitative estimate of drug-likeness (QED) is 0.176. The summed E-state index contributed by atoms with van der Waals surface area (Å²) in [7, 11) is -2.32. The van der Waals surface area contributed by atoms with Gasteiger partial charge < -0.3 is 19.7 Å². The molecular weight excluding hydrogens is 697 g/mol. The predicted molar refractivity (Wildman–Crippen MR) is 200 cm³/mol. The summed E-state index contributed by atoms with van der Waals surface area (Å²) in [4.78, 5) is 61.2. The Morgan fingerprint density at radius 3 is 2.40 bits per heavy atom. The van der Waals surface area contributed by atoms with Gasteiger partial charge in [0.1, 0.15) is 29.2 Å². The van der Waals surface area contributed by atoms with E-state index in [1.54, 1.807) is 19.2 Å². The lowest BCUT2D eigenvalue weighted by Crippen LogP contribution is -2.57. The zero-order chi connectivity index (χ0) is 38.3. The number of aromatic nitrogens is 1. The zero-order valence-corrected chi connectivity index (χ0v) is 31.3. The Bertz CT molecular complexity index is 2070. The molecule has 13 heteroatoms. The van der Waals surface area contributed by atoms with E-state index in [2.05, 4.69) is 23.2 Å². The number of carbonyl (C=O) groups excluding carboxylic acids is 4.